The van der Waals surface area contributed by atoms with Crippen LogP contribution in [0.4, 0.5) is 13.2 Å². The molecule has 1 aromatic carbocycles. The third kappa shape index (κ3) is 4.13. The highest BCUT2D eigenvalue weighted by Crippen LogP contribution is 2.39. The van der Waals surface area contributed by atoms with Crippen molar-refractivity contribution in [3.8, 4) is 5.75 Å². The quantitative estimate of drug-likeness (QED) is 0.892. The van der Waals surface area contributed by atoms with Gasteiger partial charge in [0.2, 0.25) is 0 Å². The van der Waals surface area contributed by atoms with Gasteiger partial charge in [-0.05, 0) is 29.5 Å². The van der Waals surface area contributed by atoms with E-state index in [2.05, 4.69) is 0 Å². The van der Waals surface area contributed by atoms with Crippen LogP contribution in [0.15, 0.2) is 18.2 Å². The Hall–Kier alpha value is -1.23. The van der Waals surface area contributed by atoms with Gasteiger partial charge in [0.05, 0.1) is 6.61 Å². The molecule has 2 nitrogen and oxygen atoms in total. The van der Waals surface area contributed by atoms with Crippen LogP contribution in [0, 0.1) is 0 Å². The van der Waals surface area contributed by atoms with Gasteiger partial charge in [0, 0.05) is 5.56 Å². The van der Waals surface area contributed by atoms with Crippen molar-refractivity contribution in [2.24, 2.45) is 0 Å². The van der Waals surface area contributed by atoms with E-state index in [4.69, 9.17) is 4.74 Å². The van der Waals surface area contributed by atoms with Crippen molar-refractivity contribution in [2.45, 2.75) is 51.8 Å². The first-order valence-corrected chi connectivity index (χ1v) is 6.59. The Kier molecular flexibility index (Phi) is 5.08. The molecule has 114 valence electrons. The number of aliphatic hydroxyl groups excluding tert-OH is 1. The van der Waals surface area contributed by atoms with Crippen LogP contribution in [0.2, 0.25) is 0 Å². The number of hydrogen-bond donors (Lipinski definition) is 1. The van der Waals surface area contributed by atoms with E-state index in [0.717, 1.165) is 5.56 Å². The average Bonchev–Trinajstić information content (AvgIpc) is 2.33. The second-order valence-corrected chi connectivity index (χ2v) is 5.80. The molecule has 0 fully saturated rings. The molecule has 0 amide bonds. The molecular weight excluding hydrogens is 269 g/mol. The number of aliphatic hydroxyl groups is 1. The molecule has 0 saturated carbocycles. The summed E-state index contributed by atoms with van der Waals surface area (Å²) in [7, 11) is 0. The molecule has 0 heterocycles. The van der Waals surface area contributed by atoms with Gasteiger partial charge in [-0.3, -0.25) is 0 Å². The first-order valence-electron chi connectivity index (χ1n) is 6.59. The highest BCUT2D eigenvalue weighted by Gasteiger charge is 2.41. The summed E-state index contributed by atoms with van der Waals surface area (Å²) in [6.45, 7) is 7.88. The third-order valence-corrected chi connectivity index (χ3v) is 2.94. The largest absolute Gasteiger partial charge is 0.493 e. The van der Waals surface area contributed by atoms with Gasteiger partial charge in [0.25, 0.3) is 0 Å². The van der Waals surface area contributed by atoms with E-state index in [9.17, 15) is 18.3 Å². The second-order valence-electron chi connectivity index (χ2n) is 5.80. The van der Waals surface area contributed by atoms with Crippen molar-refractivity contribution in [3.05, 3.63) is 29.3 Å². The molecule has 0 spiro atoms. The molecule has 5 heteroatoms. The number of halogens is 3. The molecule has 1 N–H and O–H groups in total. The van der Waals surface area contributed by atoms with Crippen LogP contribution in [-0.4, -0.2) is 17.9 Å². The Bertz CT molecular complexity index is 447. The van der Waals surface area contributed by atoms with Crippen molar-refractivity contribution < 1.29 is 23.0 Å². The van der Waals surface area contributed by atoms with E-state index in [1.807, 2.05) is 27.7 Å². The van der Waals surface area contributed by atoms with E-state index in [-0.39, 0.29) is 16.7 Å². The first kappa shape index (κ1) is 16.8. The minimum atomic E-state index is -4.71. The topological polar surface area (TPSA) is 29.5 Å². The standard InChI is InChI=1S/C15H21F3O2/c1-5-8-20-12-7-6-10(14(2,3)4)9-11(12)13(19)15(16,17)18/h6-7,9,13,19H,5,8H2,1-4H3. The summed E-state index contributed by atoms with van der Waals surface area (Å²) in [6, 6.07) is 4.61. The third-order valence-electron chi connectivity index (χ3n) is 2.94. The van der Waals surface area contributed by atoms with Crippen LogP contribution in [-0.2, 0) is 5.41 Å². The van der Waals surface area contributed by atoms with Crippen LogP contribution in [0.1, 0.15) is 51.3 Å². The molecule has 20 heavy (non-hydrogen) atoms. The fourth-order valence-corrected chi connectivity index (χ4v) is 1.75. The SMILES string of the molecule is CCCOc1ccc(C(C)(C)C)cc1C(O)C(F)(F)F. The number of hydrogen-bond acceptors (Lipinski definition) is 2. The molecule has 0 aliphatic rings. The molecule has 1 aromatic rings. The lowest BCUT2D eigenvalue weighted by atomic mass is 9.85. The van der Waals surface area contributed by atoms with Gasteiger partial charge >= 0.3 is 6.18 Å². The van der Waals surface area contributed by atoms with Crippen LogP contribution in [0.25, 0.3) is 0 Å². The van der Waals surface area contributed by atoms with Crippen molar-refractivity contribution in [3.63, 3.8) is 0 Å². The number of alkyl halides is 3. The van der Waals surface area contributed by atoms with Crippen molar-refractivity contribution >= 4 is 0 Å². The monoisotopic (exact) mass is 290 g/mol. The molecule has 0 aliphatic carbocycles. The van der Waals surface area contributed by atoms with Gasteiger partial charge in [-0.1, -0.05) is 33.8 Å². The van der Waals surface area contributed by atoms with Crippen molar-refractivity contribution in [1.82, 2.24) is 0 Å². The molecule has 1 unspecified atom stereocenters. The van der Waals surface area contributed by atoms with Gasteiger partial charge in [-0.2, -0.15) is 13.2 Å². The van der Waals surface area contributed by atoms with E-state index in [0.29, 0.717) is 13.0 Å². The van der Waals surface area contributed by atoms with Gasteiger partial charge in [0.1, 0.15) is 5.75 Å². The summed E-state index contributed by atoms with van der Waals surface area (Å²) < 4.78 is 43.6. The Balaban J connectivity index is 3.26. The fourth-order valence-electron chi connectivity index (χ4n) is 1.75. The molecule has 0 aromatic heterocycles. The highest BCUT2D eigenvalue weighted by atomic mass is 19.4. The Labute approximate surface area is 117 Å². The minimum absolute atomic E-state index is 0.0877. The number of rotatable bonds is 4. The van der Waals surface area contributed by atoms with Gasteiger partial charge in [-0.25, -0.2) is 0 Å². The maximum absolute atomic E-state index is 12.8. The van der Waals surface area contributed by atoms with E-state index < -0.39 is 12.3 Å². The lowest BCUT2D eigenvalue weighted by Gasteiger charge is -2.24. The molecule has 0 radical (unpaired) electrons. The summed E-state index contributed by atoms with van der Waals surface area (Å²) in [6.07, 6.45) is -6.56. The number of ether oxygens (including phenoxy) is 1. The van der Waals surface area contributed by atoms with Gasteiger partial charge in [0.15, 0.2) is 6.10 Å². The minimum Gasteiger partial charge on any atom is -0.493 e. The highest BCUT2D eigenvalue weighted by molar-refractivity contribution is 5.41. The fraction of sp³-hybridized carbons (Fsp3) is 0.600. The van der Waals surface area contributed by atoms with Crippen LogP contribution >= 0.6 is 0 Å². The molecule has 0 aliphatic heterocycles. The predicted molar refractivity (Wildman–Crippen MR) is 71.9 cm³/mol. The van der Waals surface area contributed by atoms with E-state index >= 15 is 0 Å². The van der Waals surface area contributed by atoms with Gasteiger partial charge < -0.3 is 9.84 Å². The lowest BCUT2D eigenvalue weighted by Crippen LogP contribution is -2.22. The normalized spacial score (nSPS) is 14.2. The molecule has 1 rings (SSSR count). The van der Waals surface area contributed by atoms with Crippen LogP contribution in [0.3, 0.4) is 0 Å². The van der Waals surface area contributed by atoms with E-state index in [1.54, 1.807) is 6.07 Å². The van der Waals surface area contributed by atoms with Crippen molar-refractivity contribution in [1.29, 1.82) is 0 Å². The molecule has 0 saturated heterocycles. The summed E-state index contributed by atoms with van der Waals surface area (Å²) in [5.41, 5.74) is 0.196. The maximum atomic E-state index is 12.8. The molecule has 0 bridgehead atoms. The Morgan fingerprint density at radius 3 is 2.25 bits per heavy atom. The smallest absolute Gasteiger partial charge is 0.418 e. The summed E-state index contributed by atoms with van der Waals surface area (Å²) in [5, 5.41) is 9.52. The summed E-state index contributed by atoms with van der Waals surface area (Å²) in [4.78, 5) is 0. The van der Waals surface area contributed by atoms with Gasteiger partial charge in [-0.15, -0.1) is 0 Å². The lowest BCUT2D eigenvalue weighted by molar-refractivity contribution is -0.207. The second kappa shape index (κ2) is 6.04. The predicted octanol–water partition coefficient (Wildman–Crippen LogP) is 4.37. The summed E-state index contributed by atoms with van der Waals surface area (Å²) >= 11 is 0. The first-order chi connectivity index (χ1) is 9.07. The Morgan fingerprint density at radius 2 is 1.80 bits per heavy atom. The Morgan fingerprint density at radius 1 is 1.20 bits per heavy atom. The maximum Gasteiger partial charge on any atom is 0.418 e. The van der Waals surface area contributed by atoms with Crippen molar-refractivity contribution in [2.75, 3.05) is 6.61 Å². The van der Waals surface area contributed by atoms with Crippen LogP contribution < -0.4 is 4.74 Å². The van der Waals surface area contributed by atoms with E-state index in [1.165, 1.54) is 12.1 Å². The molecule has 1 atom stereocenters. The zero-order valence-electron chi connectivity index (χ0n) is 12.2. The number of benzene rings is 1. The average molecular weight is 290 g/mol. The molecular formula is C15H21F3O2. The van der Waals surface area contributed by atoms with Crippen LogP contribution in [0.5, 0.6) is 5.75 Å². The zero-order chi connectivity index (χ0) is 15.6. The summed E-state index contributed by atoms with van der Waals surface area (Å²) in [5.74, 6) is 0.0877. The zero-order valence-corrected chi connectivity index (χ0v) is 12.2.